The average Bonchev–Trinajstić information content (AvgIpc) is 2.77. The monoisotopic (exact) mass is 535 g/mol. The van der Waals surface area contributed by atoms with Crippen molar-refractivity contribution in [2.75, 3.05) is 10.5 Å². The number of hydrogen-bond acceptors (Lipinski definition) is 5. The first-order valence-corrected chi connectivity index (χ1v) is 11.9. The summed E-state index contributed by atoms with van der Waals surface area (Å²) in [4.78, 5) is 24.5. The van der Waals surface area contributed by atoms with E-state index in [2.05, 4.69) is 4.72 Å². The molecule has 0 aliphatic rings. The van der Waals surface area contributed by atoms with Crippen LogP contribution in [0, 0.1) is 5.82 Å². The third-order valence-corrected chi connectivity index (χ3v) is 6.47. The minimum absolute atomic E-state index is 0.0197. The van der Waals surface area contributed by atoms with Gasteiger partial charge in [-0.3, -0.25) is 14.1 Å². The van der Waals surface area contributed by atoms with E-state index < -0.39 is 44.6 Å². The van der Waals surface area contributed by atoms with Gasteiger partial charge in [-0.15, -0.1) is 0 Å². The highest BCUT2D eigenvalue weighted by molar-refractivity contribution is 7.92. The van der Waals surface area contributed by atoms with Gasteiger partial charge in [-0.1, -0.05) is 17.7 Å². The molecule has 0 aliphatic carbocycles. The van der Waals surface area contributed by atoms with Crippen LogP contribution in [-0.2, 0) is 29.9 Å². The molecule has 3 aromatic rings. The van der Waals surface area contributed by atoms with E-state index in [4.69, 9.17) is 16.3 Å². The molecule has 0 atom stereocenters. The lowest BCUT2D eigenvalue weighted by Gasteiger charge is -2.15. The summed E-state index contributed by atoms with van der Waals surface area (Å²) in [6.07, 6.45) is -4.94. The van der Waals surface area contributed by atoms with Gasteiger partial charge < -0.3 is 4.74 Å². The summed E-state index contributed by atoms with van der Waals surface area (Å²) >= 11 is 6.01. The summed E-state index contributed by atoms with van der Waals surface area (Å²) in [6, 6.07) is 7.74. The molecule has 0 spiro atoms. The summed E-state index contributed by atoms with van der Waals surface area (Å²) in [5, 5.41) is 0.157. The summed E-state index contributed by atoms with van der Waals surface area (Å²) in [7, 11) is -2.76. The van der Waals surface area contributed by atoms with Crippen molar-refractivity contribution in [3.63, 3.8) is 0 Å². The molecule has 0 unspecified atom stereocenters. The highest BCUT2D eigenvalue weighted by atomic mass is 35.5. The van der Waals surface area contributed by atoms with Gasteiger partial charge in [-0.25, -0.2) is 22.2 Å². The van der Waals surface area contributed by atoms with Gasteiger partial charge in [0.15, 0.2) is 5.82 Å². The molecule has 0 radical (unpaired) electrons. The lowest BCUT2D eigenvalue weighted by molar-refractivity contribution is -0.144. The highest BCUT2D eigenvalue weighted by Gasteiger charge is 2.35. The summed E-state index contributed by atoms with van der Waals surface area (Å²) in [5.41, 5.74) is -4.13. The number of rotatable bonds is 7. The van der Waals surface area contributed by atoms with E-state index in [9.17, 15) is 35.6 Å². The lowest BCUT2D eigenvalue weighted by atomic mass is 10.2. The Balaban J connectivity index is 1.86. The molecule has 1 heterocycles. The first-order valence-electron chi connectivity index (χ1n) is 9.85. The Bertz CT molecular complexity index is 1500. The van der Waals surface area contributed by atoms with Gasteiger partial charge in [-0.05, 0) is 36.8 Å². The van der Waals surface area contributed by atoms with E-state index in [1.54, 1.807) is 6.07 Å². The van der Waals surface area contributed by atoms with Crippen molar-refractivity contribution in [3.05, 3.63) is 85.4 Å². The molecular formula is C21H18ClF4N3O5S. The minimum atomic E-state index is -4.94. The Labute approximate surface area is 201 Å². The molecule has 0 amide bonds. The van der Waals surface area contributed by atoms with Crippen LogP contribution in [0.1, 0.15) is 18.2 Å². The highest BCUT2D eigenvalue weighted by Crippen LogP contribution is 2.28. The molecule has 14 heteroatoms. The van der Waals surface area contributed by atoms with Crippen LogP contribution in [0.25, 0.3) is 5.69 Å². The van der Waals surface area contributed by atoms with E-state index in [1.807, 2.05) is 0 Å². The predicted octanol–water partition coefficient (Wildman–Crippen LogP) is 3.69. The molecule has 0 aliphatic heterocycles. The standard InChI is InChI=1S/C21H18ClF4N3O5S/c1-3-35(32,33)27-16-8-12(4-6-14(16)22)11-34-13-5-7-17(15(23)9-13)29-19(30)10-18(21(24,25)26)28(2)20(29)31/h4-10,27H,3,11H2,1-2H3. The zero-order valence-electron chi connectivity index (χ0n) is 18.2. The average molecular weight is 536 g/mol. The van der Waals surface area contributed by atoms with Gasteiger partial charge in [0.2, 0.25) is 10.0 Å². The lowest BCUT2D eigenvalue weighted by Crippen LogP contribution is -2.41. The van der Waals surface area contributed by atoms with Crippen molar-refractivity contribution in [2.45, 2.75) is 19.7 Å². The number of ether oxygens (including phenoxy) is 1. The molecular weight excluding hydrogens is 518 g/mol. The van der Waals surface area contributed by atoms with Gasteiger partial charge in [0, 0.05) is 19.2 Å². The van der Waals surface area contributed by atoms with Crippen molar-refractivity contribution in [1.82, 2.24) is 9.13 Å². The van der Waals surface area contributed by atoms with Crippen LogP contribution < -0.4 is 20.7 Å². The number of aromatic nitrogens is 2. The van der Waals surface area contributed by atoms with Gasteiger partial charge in [0.1, 0.15) is 18.1 Å². The van der Waals surface area contributed by atoms with Crippen LogP contribution >= 0.6 is 11.6 Å². The molecule has 35 heavy (non-hydrogen) atoms. The fraction of sp³-hybridized carbons (Fsp3) is 0.238. The first kappa shape index (κ1) is 26.3. The summed E-state index contributed by atoms with van der Waals surface area (Å²) in [6.45, 7) is 1.33. The zero-order chi connectivity index (χ0) is 26.1. The smallest absolute Gasteiger partial charge is 0.431 e. The molecule has 0 fully saturated rings. The topological polar surface area (TPSA) is 99.4 Å². The van der Waals surface area contributed by atoms with Gasteiger partial charge in [0.25, 0.3) is 5.56 Å². The van der Waals surface area contributed by atoms with E-state index >= 15 is 0 Å². The molecule has 1 aromatic heterocycles. The van der Waals surface area contributed by atoms with E-state index in [0.29, 0.717) is 5.56 Å². The molecule has 1 N–H and O–H groups in total. The number of alkyl halides is 3. The Morgan fingerprint density at radius 2 is 1.77 bits per heavy atom. The van der Waals surface area contributed by atoms with E-state index in [-0.39, 0.29) is 44.0 Å². The maximum Gasteiger partial charge on any atom is 0.431 e. The first-order chi connectivity index (χ1) is 16.2. The molecule has 0 bridgehead atoms. The zero-order valence-corrected chi connectivity index (χ0v) is 19.8. The minimum Gasteiger partial charge on any atom is -0.489 e. The maximum absolute atomic E-state index is 14.7. The second-order valence-electron chi connectivity index (χ2n) is 7.26. The van der Waals surface area contributed by atoms with Crippen molar-refractivity contribution >= 4 is 27.3 Å². The van der Waals surface area contributed by atoms with Crippen LogP contribution in [0.3, 0.4) is 0 Å². The van der Waals surface area contributed by atoms with Gasteiger partial charge in [-0.2, -0.15) is 13.2 Å². The fourth-order valence-corrected chi connectivity index (χ4v) is 3.89. The Morgan fingerprint density at radius 3 is 2.37 bits per heavy atom. The van der Waals surface area contributed by atoms with Crippen LogP contribution in [0.2, 0.25) is 5.02 Å². The molecule has 0 saturated heterocycles. The number of benzene rings is 2. The third-order valence-electron chi connectivity index (χ3n) is 4.85. The molecule has 3 rings (SSSR count). The quantitative estimate of drug-likeness (QED) is 0.465. The number of nitrogens with zero attached hydrogens (tertiary/aromatic N) is 2. The molecule has 8 nitrogen and oxygen atoms in total. The SMILES string of the molecule is CCS(=O)(=O)Nc1cc(COc2ccc(-n3c(=O)cc(C(F)(F)F)n(C)c3=O)c(F)c2)ccc1Cl. The van der Waals surface area contributed by atoms with Crippen molar-refractivity contribution < 1.29 is 30.7 Å². The van der Waals surface area contributed by atoms with Gasteiger partial charge >= 0.3 is 11.9 Å². The number of hydrogen-bond donors (Lipinski definition) is 1. The van der Waals surface area contributed by atoms with Crippen LogP contribution in [-0.4, -0.2) is 23.3 Å². The maximum atomic E-state index is 14.7. The largest absolute Gasteiger partial charge is 0.489 e. The predicted molar refractivity (Wildman–Crippen MR) is 121 cm³/mol. The molecule has 0 saturated carbocycles. The summed E-state index contributed by atoms with van der Waals surface area (Å²) in [5.74, 6) is -1.27. The Morgan fingerprint density at radius 1 is 1.09 bits per heavy atom. The number of anilines is 1. The van der Waals surface area contributed by atoms with E-state index in [0.717, 1.165) is 19.2 Å². The van der Waals surface area contributed by atoms with Crippen molar-refractivity contribution in [2.24, 2.45) is 7.05 Å². The van der Waals surface area contributed by atoms with Crippen LogP contribution in [0.5, 0.6) is 5.75 Å². The number of sulfonamides is 1. The summed E-state index contributed by atoms with van der Waals surface area (Å²) < 4.78 is 85.6. The number of nitrogens with one attached hydrogen (secondary N) is 1. The molecule has 2 aromatic carbocycles. The Hall–Kier alpha value is -3.32. The van der Waals surface area contributed by atoms with Crippen molar-refractivity contribution in [3.8, 4) is 11.4 Å². The van der Waals surface area contributed by atoms with E-state index in [1.165, 1.54) is 25.1 Å². The Kier molecular flexibility index (Phi) is 7.31. The van der Waals surface area contributed by atoms with Crippen molar-refractivity contribution in [1.29, 1.82) is 0 Å². The normalized spacial score (nSPS) is 12.0. The van der Waals surface area contributed by atoms with Gasteiger partial charge in [0.05, 0.1) is 22.2 Å². The fourth-order valence-electron chi connectivity index (χ4n) is 3.02. The van der Waals surface area contributed by atoms with Crippen LogP contribution in [0.15, 0.2) is 52.1 Å². The third kappa shape index (κ3) is 5.85. The van der Waals surface area contributed by atoms with Crippen LogP contribution in [0.4, 0.5) is 23.2 Å². The molecule has 188 valence electrons. The second kappa shape index (κ2) is 9.74. The second-order valence-corrected chi connectivity index (χ2v) is 9.68. The number of halogens is 5.